The molecule has 0 unspecified atom stereocenters. The van der Waals surface area contributed by atoms with Gasteiger partial charge in [0.05, 0.1) is 5.57 Å². The Morgan fingerprint density at radius 2 is 2.00 bits per heavy atom. The molecule has 0 aromatic heterocycles. The summed E-state index contributed by atoms with van der Waals surface area (Å²) < 4.78 is 5.83. The monoisotopic (exact) mass is 278 g/mol. The van der Waals surface area contributed by atoms with Crippen molar-refractivity contribution in [2.75, 3.05) is 17.7 Å². The standard InChI is InChI=1S/C17H14N2O2/c1-18-11-6-7-12-10(8-11)9-21-16(12)15-13-4-2-3-5-14(13)19-17(15)20/h2-8,18H,9H2,1H3,(H,19,20)/b16-15+. The number of benzene rings is 2. The second-order valence-corrected chi connectivity index (χ2v) is 5.11. The Kier molecular flexibility index (Phi) is 2.51. The molecule has 2 aliphatic rings. The van der Waals surface area contributed by atoms with Crippen molar-refractivity contribution in [3.05, 3.63) is 59.2 Å². The van der Waals surface area contributed by atoms with Gasteiger partial charge in [0.15, 0.2) is 0 Å². The van der Waals surface area contributed by atoms with Crippen molar-refractivity contribution >= 4 is 28.6 Å². The maximum Gasteiger partial charge on any atom is 0.260 e. The Morgan fingerprint density at radius 3 is 2.86 bits per heavy atom. The summed E-state index contributed by atoms with van der Waals surface area (Å²) in [7, 11) is 1.89. The molecule has 0 atom stereocenters. The van der Waals surface area contributed by atoms with Crippen LogP contribution in [-0.2, 0) is 16.1 Å². The van der Waals surface area contributed by atoms with E-state index in [-0.39, 0.29) is 5.91 Å². The smallest absolute Gasteiger partial charge is 0.260 e. The Balaban J connectivity index is 1.91. The fourth-order valence-corrected chi connectivity index (χ4v) is 2.87. The predicted molar refractivity (Wildman–Crippen MR) is 82.7 cm³/mol. The highest BCUT2D eigenvalue weighted by Crippen LogP contribution is 2.41. The van der Waals surface area contributed by atoms with Gasteiger partial charge >= 0.3 is 0 Å². The second kappa shape index (κ2) is 4.38. The minimum Gasteiger partial charge on any atom is -0.487 e. The topological polar surface area (TPSA) is 50.4 Å². The molecule has 0 aliphatic carbocycles. The lowest BCUT2D eigenvalue weighted by molar-refractivity contribution is -0.110. The molecule has 0 bridgehead atoms. The van der Waals surface area contributed by atoms with E-state index < -0.39 is 0 Å². The van der Waals surface area contributed by atoms with E-state index in [0.717, 1.165) is 28.1 Å². The highest BCUT2D eigenvalue weighted by Gasteiger charge is 2.32. The molecule has 4 rings (SSSR count). The molecule has 104 valence electrons. The second-order valence-electron chi connectivity index (χ2n) is 5.11. The molecular formula is C17H14N2O2. The molecule has 21 heavy (non-hydrogen) atoms. The summed E-state index contributed by atoms with van der Waals surface area (Å²) in [6.07, 6.45) is 0. The first-order valence-corrected chi connectivity index (χ1v) is 6.87. The van der Waals surface area contributed by atoms with Crippen molar-refractivity contribution in [1.29, 1.82) is 0 Å². The highest BCUT2D eigenvalue weighted by atomic mass is 16.5. The largest absolute Gasteiger partial charge is 0.487 e. The minimum absolute atomic E-state index is 0.100. The number of hydrogen-bond acceptors (Lipinski definition) is 3. The van der Waals surface area contributed by atoms with Crippen LogP contribution in [0.25, 0.3) is 11.3 Å². The van der Waals surface area contributed by atoms with Crippen molar-refractivity contribution in [2.24, 2.45) is 0 Å². The zero-order valence-electron chi connectivity index (χ0n) is 11.6. The number of fused-ring (bicyclic) bond motifs is 2. The third-order valence-corrected chi connectivity index (χ3v) is 3.91. The number of para-hydroxylation sites is 1. The molecule has 4 nitrogen and oxygen atoms in total. The number of anilines is 2. The van der Waals surface area contributed by atoms with Gasteiger partial charge in [0.25, 0.3) is 5.91 Å². The molecule has 0 spiro atoms. The normalized spacial score (nSPS) is 18.8. The van der Waals surface area contributed by atoms with Gasteiger partial charge in [-0.3, -0.25) is 4.79 Å². The Bertz CT molecular complexity index is 793. The number of carbonyl (C=O) groups excluding carboxylic acids is 1. The highest BCUT2D eigenvalue weighted by molar-refractivity contribution is 6.36. The van der Waals surface area contributed by atoms with Crippen LogP contribution in [0.2, 0.25) is 0 Å². The van der Waals surface area contributed by atoms with Crippen LogP contribution in [0.5, 0.6) is 0 Å². The summed E-state index contributed by atoms with van der Waals surface area (Å²) in [5.74, 6) is 0.576. The number of ether oxygens (including phenoxy) is 1. The molecule has 4 heteroatoms. The molecule has 2 aromatic rings. The number of nitrogens with one attached hydrogen (secondary N) is 2. The van der Waals surface area contributed by atoms with E-state index in [2.05, 4.69) is 16.7 Å². The fourth-order valence-electron chi connectivity index (χ4n) is 2.87. The number of amides is 1. The van der Waals surface area contributed by atoms with Crippen LogP contribution in [0.4, 0.5) is 11.4 Å². The maximum atomic E-state index is 12.3. The average molecular weight is 278 g/mol. The van der Waals surface area contributed by atoms with E-state index in [1.165, 1.54) is 0 Å². The molecule has 2 N–H and O–H groups in total. The van der Waals surface area contributed by atoms with E-state index in [1.54, 1.807) is 0 Å². The molecule has 0 saturated carbocycles. The Labute approximate surface area is 122 Å². The SMILES string of the molecule is CNc1ccc2c(c1)CO/C2=C1/C(=O)Nc2ccccc21. The summed E-state index contributed by atoms with van der Waals surface area (Å²) in [6, 6.07) is 13.7. The van der Waals surface area contributed by atoms with Crippen LogP contribution in [0, 0.1) is 0 Å². The van der Waals surface area contributed by atoms with Crippen LogP contribution < -0.4 is 10.6 Å². The van der Waals surface area contributed by atoms with Gasteiger partial charge in [-0.2, -0.15) is 0 Å². The zero-order valence-corrected chi connectivity index (χ0v) is 11.6. The van der Waals surface area contributed by atoms with Crippen molar-refractivity contribution in [3.63, 3.8) is 0 Å². The van der Waals surface area contributed by atoms with Gasteiger partial charge in [-0.15, -0.1) is 0 Å². The summed E-state index contributed by atoms with van der Waals surface area (Å²) in [5, 5.41) is 6.00. The molecule has 1 amide bonds. The van der Waals surface area contributed by atoms with E-state index in [4.69, 9.17) is 4.74 Å². The van der Waals surface area contributed by atoms with Gasteiger partial charge in [0.1, 0.15) is 12.4 Å². The zero-order chi connectivity index (χ0) is 14.4. The molecular weight excluding hydrogens is 264 g/mol. The maximum absolute atomic E-state index is 12.3. The number of carbonyl (C=O) groups is 1. The summed E-state index contributed by atoms with van der Waals surface area (Å²) in [4.78, 5) is 12.3. The van der Waals surface area contributed by atoms with Crippen LogP contribution in [0.3, 0.4) is 0 Å². The quantitative estimate of drug-likeness (QED) is 0.788. The Morgan fingerprint density at radius 1 is 1.14 bits per heavy atom. The predicted octanol–water partition coefficient (Wildman–Crippen LogP) is 3.08. The van der Waals surface area contributed by atoms with Crippen LogP contribution in [-0.4, -0.2) is 13.0 Å². The third-order valence-electron chi connectivity index (χ3n) is 3.91. The van der Waals surface area contributed by atoms with Gasteiger partial charge in [-0.25, -0.2) is 0 Å². The molecule has 2 heterocycles. The van der Waals surface area contributed by atoms with Gasteiger partial charge < -0.3 is 15.4 Å². The first-order chi connectivity index (χ1) is 10.3. The van der Waals surface area contributed by atoms with Gasteiger partial charge in [-0.05, 0) is 24.3 Å². The van der Waals surface area contributed by atoms with Crippen molar-refractivity contribution in [3.8, 4) is 0 Å². The van der Waals surface area contributed by atoms with E-state index in [1.807, 2.05) is 43.4 Å². The van der Waals surface area contributed by atoms with Crippen LogP contribution >= 0.6 is 0 Å². The summed E-state index contributed by atoms with van der Waals surface area (Å²) in [5.41, 5.74) is 5.51. The summed E-state index contributed by atoms with van der Waals surface area (Å²) >= 11 is 0. The lowest BCUT2D eigenvalue weighted by Crippen LogP contribution is -2.05. The van der Waals surface area contributed by atoms with Gasteiger partial charge in [0.2, 0.25) is 0 Å². The van der Waals surface area contributed by atoms with Crippen molar-refractivity contribution in [1.82, 2.24) is 0 Å². The molecule has 0 saturated heterocycles. The lowest BCUT2D eigenvalue weighted by atomic mass is 10.0. The minimum atomic E-state index is -0.100. The molecule has 0 fully saturated rings. The van der Waals surface area contributed by atoms with Gasteiger partial charge in [0, 0.05) is 35.1 Å². The average Bonchev–Trinajstić information content (AvgIpc) is 3.06. The van der Waals surface area contributed by atoms with Crippen molar-refractivity contribution < 1.29 is 9.53 Å². The molecule has 0 radical (unpaired) electrons. The first kappa shape index (κ1) is 12.0. The summed E-state index contributed by atoms with van der Waals surface area (Å²) in [6.45, 7) is 0.499. The Hall–Kier alpha value is -2.75. The molecule has 2 aromatic carbocycles. The van der Waals surface area contributed by atoms with E-state index >= 15 is 0 Å². The first-order valence-electron chi connectivity index (χ1n) is 6.87. The fraction of sp³-hybridized carbons (Fsp3) is 0.118. The number of hydrogen-bond donors (Lipinski definition) is 2. The number of rotatable bonds is 1. The van der Waals surface area contributed by atoms with Crippen molar-refractivity contribution in [2.45, 2.75) is 6.61 Å². The van der Waals surface area contributed by atoms with Crippen LogP contribution in [0.15, 0.2) is 42.5 Å². The lowest BCUT2D eigenvalue weighted by Gasteiger charge is -2.05. The third kappa shape index (κ3) is 1.72. The van der Waals surface area contributed by atoms with E-state index in [0.29, 0.717) is 17.9 Å². The van der Waals surface area contributed by atoms with Gasteiger partial charge in [-0.1, -0.05) is 18.2 Å². The van der Waals surface area contributed by atoms with Crippen LogP contribution in [0.1, 0.15) is 16.7 Å². The van der Waals surface area contributed by atoms with E-state index in [9.17, 15) is 4.79 Å². The molecule has 2 aliphatic heterocycles.